The minimum Gasteiger partial charge on any atom is -0.319 e. The van der Waals surface area contributed by atoms with Gasteiger partial charge in [0, 0.05) is 6.42 Å². The minimum absolute atomic E-state index is 0.744. The molecule has 0 saturated heterocycles. The van der Waals surface area contributed by atoms with Crippen molar-refractivity contribution in [1.82, 2.24) is 5.32 Å². The number of carbonyl (C=O) groups is 1. The van der Waals surface area contributed by atoms with E-state index in [1.54, 1.807) is 0 Å². The summed E-state index contributed by atoms with van der Waals surface area (Å²) in [5.41, 5.74) is 0. The summed E-state index contributed by atoms with van der Waals surface area (Å²) in [4.78, 5) is 9.68. The van der Waals surface area contributed by atoms with Gasteiger partial charge in [-0.3, -0.25) is 0 Å². The lowest BCUT2D eigenvalue weighted by atomic mass is 10.2. The molecule has 16 heavy (non-hydrogen) atoms. The van der Waals surface area contributed by atoms with E-state index in [1.807, 2.05) is 7.05 Å². The minimum atomic E-state index is 0.744. The number of nitrogens with one attached hydrogen (secondary N) is 1. The van der Waals surface area contributed by atoms with Crippen LogP contribution in [0, 0.1) is 0 Å². The lowest BCUT2D eigenvalue weighted by Gasteiger charge is -1.89. The molecule has 0 aromatic carbocycles. The van der Waals surface area contributed by atoms with E-state index in [0.29, 0.717) is 0 Å². The van der Waals surface area contributed by atoms with E-state index >= 15 is 0 Å². The zero-order valence-electron chi connectivity index (χ0n) is 11.3. The van der Waals surface area contributed by atoms with Gasteiger partial charge in [0.1, 0.15) is 6.29 Å². The van der Waals surface area contributed by atoms with Crippen molar-refractivity contribution in [1.29, 1.82) is 0 Å². The van der Waals surface area contributed by atoms with Crippen LogP contribution in [0.15, 0.2) is 12.2 Å². The predicted molar refractivity (Wildman–Crippen MR) is 72.8 cm³/mol. The molecule has 0 aliphatic heterocycles. The number of aldehydes is 1. The molecule has 0 aliphatic rings. The summed E-state index contributed by atoms with van der Waals surface area (Å²) in [6, 6.07) is 0. The summed E-state index contributed by atoms with van der Waals surface area (Å²) in [7, 11) is 1.98. The first-order chi connectivity index (χ1) is 7.83. The maximum absolute atomic E-state index is 9.68. The summed E-state index contributed by atoms with van der Waals surface area (Å²) in [5.74, 6) is 0. The van der Waals surface area contributed by atoms with Crippen LogP contribution in [0.3, 0.4) is 0 Å². The zero-order valence-corrected chi connectivity index (χ0v) is 11.3. The fraction of sp³-hybridized carbons (Fsp3) is 0.786. The molecule has 0 amide bonds. The van der Waals surface area contributed by atoms with Gasteiger partial charge in [0.15, 0.2) is 0 Å². The molecule has 0 aromatic heterocycles. The fourth-order valence-electron chi connectivity index (χ4n) is 1.11. The maximum Gasteiger partial charge on any atom is 0.119 e. The van der Waals surface area contributed by atoms with Crippen molar-refractivity contribution in [2.24, 2.45) is 0 Å². The first-order valence-electron chi connectivity index (χ1n) is 6.56. The number of carbonyl (C=O) groups excluding carboxylic acids is 1. The molecule has 0 heterocycles. The van der Waals surface area contributed by atoms with E-state index in [1.165, 1.54) is 25.7 Å². The molecule has 2 nitrogen and oxygen atoms in total. The van der Waals surface area contributed by atoms with Gasteiger partial charge in [0.05, 0.1) is 0 Å². The lowest BCUT2D eigenvalue weighted by molar-refractivity contribution is -0.107. The smallest absolute Gasteiger partial charge is 0.119 e. The summed E-state index contributed by atoms with van der Waals surface area (Å²) >= 11 is 0. The Labute approximate surface area is 102 Å². The fourth-order valence-corrected chi connectivity index (χ4v) is 1.11. The molecule has 0 aliphatic carbocycles. The Kier molecular flexibility index (Phi) is 22.0. The van der Waals surface area contributed by atoms with Crippen LogP contribution in [0.1, 0.15) is 58.8 Å². The van der Waals surface area contributed by atoms with Gasteiger partial charge in [-0.25, -0.2) is 0 Å². The Hall–Kier alpha value is -0.630. The molecule has 2 heteroatoms. The highest BCUT2D eigenvalue weighted by Crippen LogP contribution is 1.94. The van der Waals surface area contributed by atoms with Crippen molar-refractivity contribution < 1.29 is 4.79 Å². The molecule has 0 radical (unpaired) electrons. The molecule has 0 atom stereocenters. The molecule has 0 rings (SSSR count). The third-order valence-corrected chi connectivity index (χ3v) is 2.11. The van der Waals surface area contributed by atoms with Crippen LogP contribution in [0.25, 0.3) is 0 Å². The first kappa shape index (κ1) is 17.8. The van der Waals surface area contributed by atoms with Gasteiger partial charge in [-0.1, -0.05) is 45.3 Å². The molecule has 0 unspecified atom stereocenters. The van der Waals surface area contributed by atoms with Gasteiger partial charge >= 0.3 is 0 Å². The highest BCUT2D eigenvalue weighted by Gasteiger charge is 1.80. The summed E-state index contributed by atoms with van der Waals surface area (Å²) < 4.78 is 0. The Morgan fingerprint density at radius 3 is 2.12 bits per heavy atom. The summed E-state index contributed by atoms with van der Waals surface area (Å²) in [5, 5.41) is 3.09. The number of hydrogen-bond donors (Lipinski definition) is 1. The standard InChI is InChI=1S/C8H17N.C6H12O/c1-3-4-5-6-7-8-9-2;1-2-3-4-5-6-7/h5-6,9H,3-4,7-8H2,1-2H3;6H,2-5H2,1H3/b6-5-;. The van der Waals surface area contributed by atoms with Crippen LogP contribution in [0.2, 0.25) is 0 Å². The van der Waals surface area contributed by atoms with E-state index in [2.05, 4.69) is 31.3 Å². The van der Waals surface area contributed by atoms with Crippen molar-refractivity contribution in [3.63, 3.8) is 0 Å². The molecular weight excluding hydrogens is 198 g/mol. The molecule has 0 saturated carbocycles. The SMILES string of the molecule is CCC/C=C\CCNC.CCCCCC=O. The second-order valence-electron chi connectivity index (χ2n) is 3.81. The number of unbranched alkanes of at least 4 members (excludes halogenated alkanes) is 4. The number of rotatable bonds is 9. The zero-order chi connectivity index (χ0) is 12.5. The Morgan fingerprint density at radius 2 is 1.62 bits per heavy atom. The van der Waals surface area contributed by atoms with Crippen LogP contribution in [0.4, 0.5) is 0 Å². The van der Waals surface area contributed by atoms with Gasteiger partial charge in [-0.05, 0) is 32.9 Å². The van der Waals surface area contributed by atoms with Crippen LogP contribution in [0.5, 0.6) is 0 Å². The second kappa shape index (κ2) is 19.9. The van der Waals surface area contributed by atoms with Crippen LogP contribution < -0.4 is 5.32 Å². The average molecular weight is 227 g/mol. The van der Waals surface area contributed by atoms with E-state index in [0.717, 1.165) is 32.1 Å². The van der Waals surface area contributed by atoms with E-state index < -0.39 is 0 Å². The molecule has 1 N–H and O–H groups in total. The van der Waals surface area contributed by atoms with Gasteiger partial charge < -0.3 is 10.1 Å². The van der Waals surface area contributed by atoms with Crippen LogP contribution in [-0.4, -0.2) is 19.9 Å². The monoisotopic (exact) mass is 227 g/mol. The normalized spacial score (nSPS) is 9.94. The second-order valence-corrected chi connectivity index (χ2v) is 3.81. The number of allylic oxidation sites excluding steroid dienone is 1. The predicted octanol–water partition coefficient (Wildman–Crippen LogP) is 3.72. The van der Waals surface area contributed by atoms with E-state index in [-0.39, 0.29) is 0 Å². The quantitative estimate of drug-likeness (QED) is 0.369. The van der Waals surface area contributed by atoms with Gasteiger partial charge in [0.25, 0.3) is 0 Å². The Bertz CT molecular complexity index is 144. The van der Waals surface area contributed by atoms with Crippen molar-refractivity contribution in [3.8, 4) is 0 Å². The first-order valence-corrected chi connectivity index (χ1v) is 6.56. The lowest BCUT2D eigenvalue weighted by Crippen LogP contribution is -2.05. The van der Waals surface area contributed by atoms with Crippen LogP contribution in [-0.2, 0) is 4.79 Å². The van der Waals surface area contributed by atoms with E-state index in [4.69, 9.17) is 0 Å². The molecule has 96 valence electrons. The molecule has 0 aromatic rings. The van der Waals surface area contributed by atoms with Crippen molar-refractivity contribution in [3.05, 3.63) is 12.2 Å². The highest BCUT2D eigenvalue weighted by atomic mass is 16.1. The summed E-state index contributed by atoms with van der Waals surface area (Å²) in [6.07, 6.45) is 13.3. The van der Waals surface area contributed by atoms with Crippen molar-refractivity contribution in [2.75, 3.05) is 13.6 Å². The summed E-state index contributed by atoms with van der Waals surface area (Å²) in [6.45, 7) is 5.42. The number of hydrogen-bond acceptors (Lipinski definition) is 2. The van der Waals surface area contributed by atoms with Crippen molar-refractivity contribution >= 4 is 6.29 Å². The molecular formula is C14H29NO. The Balaban J connectivity index is 0. The van der Waals surface area contributed by atoms with Gasteiger partial charge in [-0.15, -0.1) is 0 Å². The third-order valence-electron chi connectivity index (χ3n) is 2.11. The maximum atomic E-state index is 9.68. The largest absolute Gasteiger partial charge is 0.319 e. The average Bonchev–Trinajstić information content (AvgIpc) is 2.31. The van der Waals surface area contributed by atoms with Gasteiger partial charge in [-0.2, -0.15) is 0 Å². The third kappa shape index (κ3) is 23.3. The van der Waals surface area contributed by atoms with E-state index in [9.17, 15) is 4.79 Å². The van der Waals surface area contributed by atoms with Crippen LogP contribution >= 0.6 is 0 Å². The molecule has 0 fully saturated rings. The van der Waals surface area contributed by atoms with Gasteiger partial charge in [0.2, 0.25) is 0 Å². The highest BCUT2D eigenvalue weighted by molar-refractivity contribution is 5.48. The molecule has 0 bridgehead atoms. The topological polar surface area (TPSA) is 29.1 Å². The molecule has 0 spiro atoms. The Morgan fingerprint density at radius 1 is 0.938 bits per heavy atom. The van der Waals surface area contributed by atoms with Crippen molar-refractivity contribution in [2.45, 2.75) is 58.8 Å².